The molecule has 36 heavy (non-hydrogen) atoms. The normalized spacial score (nSPS) is 13.4. The van der Waals surface area contributed by atoms with Gasteiger partial charge in [0.1, 0.15) is 0 Å². The molecule has 3 aromatic rings. The summed E-state index contributed by atoms with van der Waals surface area (Å²) in [5.41, 5.74) is 1.95. The van der Waals surface area contributed by atoms with E-state index in [9.17, 15) is 19.2 Å². The van der Waals surface area contributed by atoms with Crippen LogP contribution < -0.4 is 10.6 Å². The first-order chi connectivity index (χ1) is 17.4. The molecule has 10 nitrogen and oxygen atoms in total. The molecule has 0 spiro atoms. The van der Waals surface area contributed by atoms with Gasteiger partial charge in [-0.1, -0.05) is 11.8 Å². The zero-order valence-electron chi connectivity index (χ0n) is 19.6. The maximum atomic E-state index is 12.7. The van der Waals surface area contributed by atoms with Crippen LogP contribution in [0.1, 0.15) is 23.2 Å². The van der Waals surface area contributed by atoms with Crippen molar-refractivity contribution in [1.29, 1.82) is 0 Å². The third-order valence-electron chi connectivity index (χ3n) is 5.33. The molecule has 4 amide bonds. The Balaban J connectivity index is 1.19. The number of hydrogen-bond acceptors (Lipinski definition) is 8. The number of anilines is 2. The van der Waals surface area contributed by atoms with Crippen molar-refractivity contribution in [2.24, 2.45) is 0 Å². The van der Waals surface area contributed by atoms with Crippen LogP contribution in [0.15, 0.2) is 56.8 Å². The average Bonchev–Trinajstić information content (AvgIpc) is 3.56. The number of thioether (sulfide) groups is 1. The van der Waals surface area contributed by atoms with Crippen LogP contribution in [0.3, 0.4) is 0 Å². The highest BCUT2D eigenvalue weighted by molar-refractivity contribution is 8.01. The number of thiazole rings is 1. The lowest BCUT2D eigenvalue weighted by Gasteiger charge is -2.34. The van der Waals surface area contributed by atoms with Gasteiger partial charge in [0.15, 0.2) is 10.1 Å². The highest BCUT2D eigenvalue weighted by atomic mass is 32.2. The van der Waals surface area contributed by atoms with Crippen LogP contribution in [-0.4, -0.2) is 70.3 Å². The van der Waals surface area contributed by atoms with Crippen molar-refractivity contribution in [3.8, 4) is 0 Å². The van der Waals surface area contributed by atoms with Crippen LogP contribution in [0.4, 0.5) is 11.4 Å². The lowest BCUT2D eigenvalue weighted by molar-refractivity contribution is -0.132. The minimum Gasteiger partial charge on any atom is -0.459 e. The third-order valence-corrected chi connectivity index (χ3v) is 7.40. The van der Waals surface area contributed by atoms with Gasteiger partial charge in [0.05, 0.1) is 24.1 Å². The maximum absolute atomic E-state index is 12.7. The Morgan fingerprint density at radius 1 is 1.00 bits per heavy atom. The van der Waals surface area contributed by atoms with Gasteiger partial charge in [0, 0.05) is 49.9 Å². The van der Waals surface area contributed by atoms with Crippen molar-refractivity contribution in [3.63, 3.8) is 0 Å². The van der Waals surface area contributed by atoms with Crippen molar-refractivity contribution in [1.82, 2.24) is 14.8 Å². The number of piperazine rings is 1. The first-order valence-corrected chi connectivity index (χ1v) is 13.1. The van der Waals surface area contributed by atoms with Crippen LogP contribution in [0, 0.1) is 0 Å². The van der Waals surface area contributed by atoms with Gasteiger partial charge in [-0.05, 0) is 36.4 Å². The summed E-state index contributed by atoms with van der Waals surface area (Å²) >= 11 is 2.70. The summed E-state index contributed by atoms with van der Waals surface area (Å²) in [4.78, 5) is 56.3. The van der Waals surface area contributed by atoms with Crippen molar-refractivity contribution in [2.45, 2.75) is 17.7 Å². The van der Waals surface area contributed by atoms with Gasteiger partial charge >= 0.3 is 0 Å². The predicted molar refractivity (Wildman–Crippen MR) is 137 cm³/mol. The summed E-state index contributed by atoms with van der Waals surface area (Å²) < 4.78 is 5.88. The van der Waals surface area contributed by atoms with E-state index in [1.807, 2.05) is 5.38 Å². The molecule has 0 aliphatic carbocycles. The number of carbonyl (C=O) groups is 4. The van der Waals surface area contributed by atoms with Crippen molar-refractivity contribution < 1.29 is 23.6 Å². The zero-order chi connectivity index (χ0) is 25.5. The molecule has 2 aromatic heterocycles. The van der Waals surface area contributed by atoms with Gasteiger partial charge in [-0.3, -0.25) is 19.2 Å². The van der Waals surface area contributed by atoms with E-state index in [4.69, 9.17) is 4.42 Å². The fraction of sp³-hybridized carbons (Fsp3) is 0.292. The van der Waals surface area contributed by atoms with E-state index in [1.165, 1.54) is 36.3 Å². The van der Waals surface area contributed by atoms with Gasteiger partial charge in [-0.2, -0.15) is 0 Å². The molecule has 1 fully saturated rings. The zero-order valence-corrected chi connectivity index (χ0v) is 21.2. The molecule has 12 heteroatoms. The highest BCUT2D eigenvalue weighted by Crippen LogP contribution is 2.24. The number of hydrogen-bond donors (Lipinski definition) is 2. The molecule has 1 aromatic carbocycles. The summed E-state index contributed by atoms with van der Waals surface area (Å²) in [6.07, 6.45) is 1.64. The van der Waals surface area contributed by atoms with E-state index in [1.54, 1.807) is 46.2 Å². The quantitative estimate of drug-likeness (QED) is 0.432. The predicted octanol–water partition coefficient (Wildman–Crippen LogP) is 2.95. The lowest BCUT2D eigenvalue weighted by Crippen LogP contribution is -2.50. The molecule has 0 bridgehead atoms. The number of nitrogens with one attached hydrogen (secondary N) is 2. The van der Waals surface area contributed by atoms with E-state index in [0.717, 1.165) is 0 Å². The second-order valence-corrected chi connectivity index (χ2v) is 10.1. The maximum Gasteiger partial charge on any atom is 0.289 e. The number of rotatable bonds is 8. The molecule has 0 radical (unpaired) electrons. The summed E-state index contributed by atoms with van der Waals surface area (Å²) in [6, 6.07) is 10.2. The topological polar surface area (TPSA) is 125 Å². The number of aromatic nitrogens is 1. The third kappa shape index (κ3) is 6.95. The summed E-state index contributed by atoms with van der Waals surface area (Å²) in [5.74, 6) is -0.0625. The number of nitrogens with zero attached hydrogens (tertiary/aromatic N) is 3. The lowest BCUT2D eigenvalue weighted by atomic mass is 10.2. The molecule has 4 rings (SSSR count). The Labute approximate surface area is 216 Å². The molecule has 2 N–H and O–H groups in total. The van der Waals surface area contributed by atoms with Crippen molar-refractivity contribution in [3.05, 3.63) is 59.5 Å². The van der Waals surface area contributed by atoms with E-state index in [2.05, 4.69) is 15.6 Å². The molecule has 1 aliphatic heterocycles. The fourth-order valence-electron chi connectivity index (χ4n) is 3.58. The molecular formula is C24H25N5O5S2. The number of amides is 4. The van der Waals surface area contributed by atoms with Crippen LogP contribution in [0.5, 0.6) is 0 Å². The molecule has 1 saturated heterocycles. The highest BCUT2D eigenvalue weighted by Gasteiger charge is 2.26. The molecule has 1 aliphatic rings. The second-order valence-electron chi connectivity index (χ2n) is 8.03. The summed E-state index contributed by atoms with van der Waals surface area (Å²) in [7, 11) is 0. The van der Waals surface area contributed by atoms with Crippen molar-refractivity contribution in [2.75, 3.05) is 42.6 Å². The summed E-state index contributed by atoms with van der Waals surface area (Å²) in [6.45, 7) is 3.26. The molecule has 0 unspecified atom stereocenters. The van der Waals surface area contributed by atoms with Crippen LogP contribution in [-0.2, 0) is 20.8 Å². The SMILES string of the molecule is CC(=O)Nc1ccc(NC(=O)CSc2nc(CC(=O)N3CCN(C(=O)c4ccco4)CC3)cs2)cc1. The second kappa shape index (κ2) is 11.9. The molecule has 0 atom stereocenters. The first kappa shape index (κ1) is 25.5. The number of benzene rings is 1. The Bertz CT molecular complexity index is 1220. The Morgan fingerprint density at radius 2 is 1.67 bits per heavy atom. The largest absolute Gasteiger partial charge is 0.459 e. The van der Waals surface area contributed by atoms with Gasteiger partial charge in [0.2, 0.25) is 17.7 Å². The minimum absolute atomic E-state index is 0.0394. The van der Waals surface area contributed by atoms with E-state index < -0.39 is 0 Å². The van der Waals surface area contributed by atoms with E-state index in [-0.39, 0.29) is 35.8 Å². The Kier molecular flexibility index (Phi) is 8.39. The monoisotopic (exact) mass is 527 g/mol. The minimum atomic E-state index is -0.179. The first-order valence-electron chi connectivity index (χ1n) is 11.2. The Morgan fingerprint density at radius 3 is 2.31 bits per heavy atom. The van der Waals surface area contributed by atoms with Gasteiger partial charge in [-0.25, -0.2) is 4.98 Å². The number of furan rings is 1. The number of carbonyl (C=O) groups excluding carboxylic acids is 4. The van der Waals surface area contributed by atoms with Gasteiger partial charge in [-0.15, -0.1) is 11.3 Å². The molecular weight excluding hydrogens is 502 g/mol. The standard InChI is InChI=1S/C24H25N5O5S2/c1-16(30)25-17-4-6-18(7-5-17)26-21(31)15-36-24-27-19(14-35-24)13-22(32)28-8-10-29(11-9-28)23(33)20-3-2-12-34-20/h2-7,12,14H,8-11,13,15H2,1H3,(H,25,30)(H,26,31). The molecule has 3 heterocycles. The average molecular weight is 528 g/mol. The Hall–Kier alpha value is -3.64. The van der Waals surface area contributed by atoms with E-state index >= 15 is 0 Å². The van der Waals surface area contributed by atoms with Crippen LogP contribution in [0.2, 0.25) is 0 Å². The fourth-order valence-corrected chi connectivity index (χ4v) is 5.23. The van der Waals surface area contributed by atoms with Gasteiger partial charge in [0.25, 0.3) is 5.91 Å². The van der Waals surface area contributed by atoms with E-state index in [0.29, 0.717) is 53.3 Å². The van der Waals surface area contributed by atoms with Crippen LogP contribution >= 0.6 is 23.1 Å². The summed E-state index contributed by atoms with van der Waals surface area (Å²) in [5, 5.41) is 7.31. The molecule has 188 valence electrons. The van der Waals surface area contributed by atoms with Gasteiger partial charge < -0.3 is 24.9 Å². The molecule has 0 saturated carbocycles. The van der Waals surface area contributed by atoms with Crippen LogP contribution in [0.25, 0.3) is 0 Å². The van der Waals surface area contributed by atoms with Crippen molar-refractivity contribution >= 4 is 58.1 Å². The smallest absolute Gasteiger partial charge is 0.289 e.